The number of benzene rings is 1. The van der Waals surface area contributed by atoms with E-state index in [1.165, 1.54) is 30.0 Å². The molecule has 0 spiro atoms. The molecule has 3 N–H and O–H groups in total. The number of rotatable bonds is 9. The fourth-order valence-electron chi connectivity index (χ4n) is 4.06. The van der Waals surface area contributed by atoms with Gasteiger partial charge in [0.05, 0.1) is 10.9 Å². The summed E-state index contributed by atoms with van der Waals surface area (Å²) in [7, 11) is 1.41. The summed E-state index contributed by atoms with van der Waals surface area (Å²) in [4.78, 5) is 53.4. The molecule has 1 saturated heterocycles. The van der Waals surface area contributed by atoms with Gasteiger partial charge in [0.1, 0.15) is 6.04 Å². The van der Waals surface area contributed by atoms with Crippen molar-refractivity contribution in [2.45, 2.75) is 70.1 Å². The number of alkyl halides is 3. The Morgan fingerprint density at radius 1 is 1.12 bits per heavy atom. The van der Waals surface area contributed by atoms with Crippen molar-refractivity contribution in [2.24, 2.45) is 5.41 Å². The first-order valence-corrected chi connectivity index (χ1v) is 14.2. The van der Waals surface area contributed by atoms with Gasteiger partial charge in [-0.2, -0.15) is 13.2 Å². The predicted molar refractivity (Wildman–Crippen MR) is 149 cm³/mol. The molecule has 3 atom stereocenters. The maximum absolute atomic E-state index is 13.3. The minimum atomic E-state index is -5.05. The lowest BCUT2D eigenvalue weighted by atomic mass is 9.85. The van der Waals surface area contributed by atoms with Gasteiger partial charge in [0, 0.05) is 24.9 Å². The van der Waals surface area contributed by atoms with Gasteiger partial charge in [0.25, 0.3) is 5.91 Å². The van der Waals surface area contributed by atoms with E-state index in [0.717, 1.165) is 37.9 Å². The van der Waals surface area contributed by atoms with Gasteiger partial charge in [-0.1, -0.05) is 33.3 Å². The summed E-state index contributed by atoms with van der Waals surface area (Å²) in [5, 5.41) is 4.60. The molecule has 1 aromatic rings. The summed E-state index contributed by atoms with van der Waals surface area (Å²) < 4.78 is 52.0. The Bertz CT molecular complexity index is 1180. The minimum absolute atomic E-state index is 0.0457. The van der Waals surface area contributed by atoms with Crippen molar-refractivity contribution in [2.75, 3.05) is 32.5 Å². The van der Waals surface area contributed by atoms with Gasteiger partial charge in [-0.05, 0) is 63.0 Å². The first-order valence-electron chi connectivity index (χ1n) is 13.0. The normalized spacial score (nSPS) is 18.2. The van der Waals surface area contributed by atoms with E-state index in [0.29, 0.717) is 0 Å². The molecule has 1 aromatic carbocycles. The molecule has 0 bridgehead atoms. The quantitative estimate of drug-likeness (QED) is 0.374. The molecule has 0 radical (unpaired) electrons. The van der Waals surface area contributed by atoms with E-state index in [-0.39, 0.29) is 40.6 Å². The highest BCUT2D eigenvalue weighted by atomic mass is 32.2. The average molecular weight is 602 g/mol. The monoisotopic (exact) mass is 601 g/mol. The van der Waals surface area contributed by atoms with Crippen LogP contribution in [0.5, 0.6) is 0 Å². The SMILES string of the molecule is C/C(=C\CN(C)C(=O)C(NC(=O)C1CCCCN1C)C(C)(C)C)C(=O)NS(=O)c1ccc(NC(=O)C(F)(F)F)cc1. The number of carbonyl (C=O) groups excluding carboxylic acids is 4. The highest BCUT2D eigenvalue weighted by Gasteiger charge is 2.39. The van der Waals surface area contributed by atoms with Crippen LogP contribution in [-0.4, -0.2) is 83.1 Å². The lowest BCUT2D eigenvalue weighted by Crippen LogP contribution is -2.58. The van der Waals surface area contributed by atoms with E-state index >= 15 is 0 Å². The molecule has 41 heavy (non-hydrogen) atoms. The zero-order valence-electron chi connectivity index (χ0n) is 24.1. The van der Waals surface area contributed by atoms with Gasteiger partial charge < -0.3 is 15.5 Å². The van der Waals surface area contributed by atoms with Crippen molar-refractivity contribution in [1.29, 1.82) is 0 Å². The van der Waals surface area contributed by atoms with Gasteiger partial charge >= 0.3 is 12.1 Å². The average Bonchev–Trinajstić information content (AvgIpc) is 2.88. The molecule has 14 heteroatoms. The predicted octanol–water partition coefficient (Wildman–Crippen LogP) is 2.75. The third-order valence-electron chi connectivity index (χ3n) is 6.65. The third-order valence-corrected chi connectivity index (χ3v) is 7.72. The highest BCUT2D eigenvalue weighted by Crippen LogP contribution is 2.23. The summed E-state index contributed by atoms with van der Waals surface area (Å²) in [5.41, 5.74) is -0.558. The van der Waals surface area contributed by atoms with Crippen LogP contribution in [0.15, 0.2) is 40.8 Å². The zero-order valence-corrected chi connectivity index (χ0v) is 24.9. The Kier molecular flexibility index (Phi) is 11.7. The number of nitrogens with zero attached hydrogens (tertiary/aromatic N) is 2. The number of nitrogens with one attached hydrogen (secondary N) is 3. The summed E-state index contributed by atoms with van der Waals surface area (Å²) in [6.45, 7) is 7.90. The summed E-state index contributed by atoms with van der Waals surface area (Å²) in [5.74, 6) is -3.34. The first kappa shape index (κ1) is 33.9. The molecule has 1 fully saturated rings. The number of hydrogen-bond acceptors (Lipinski definition) is 6. The fraction of sp³-hybridized carbons (Fsp3) is 0.556. The summed E-state index contributed by atoms with van der Waals surface area (Å²) in [6, 6.07) is 3.58. The van der Waals surface area contributed by atoms with Crippen molar-refractivity contribution in [1.82, 2.24) is 19.8 Å². The Morgan fingerprint density at radius 3 is 2.27 bits per heavy atom. The Labute approximate surface area is 240 Å². The zero-order chi connectivity index (χ0) is 31.1. The van der Waals surface area contributed by atoms with Crippen LogP contribution in [0.4, 0.5) is 18.9 Å². The second-order valence-electron chi connectivity index (χ2n) is 11.1. The molecule has 0 aliphatic carbocycles. The molecule has 1 heterocycles. The van der Waals surface area contributed by atoms with Crippen LogP contribution >= 0.6 is 0 Å². The maximum Gasteiger partial charge on any atom is 0.471 e. The molecule has 3 unspecified atom stereocenters. The standard InChI is InChI=1S/C27H38F3N5O5S/c1-17(22(36)33-41(40)19-12-10-18(11-13-19)31-25(39)27(28,29)30)14-16-35(6)24(38)21(26(2,3)4)32-23(37)20-9-7-8-15-34(20)5/h10-14,20-21H,7-9,15-16H2,1-6H3,(H,31,39)(H,32,37)(H,33,36)/b17-14+. The minimum Gasteiger partial charge on any atom is -0.342 e. The van der Waals surface area contributed by atoms with Crippen LogP contribution in [0.2, 0.25) is 0 Å². The van der Waals surface area contributed by atoms with E-state index in [2.05, 4.69) is 10.0 Å². The van der Waals surface area contributed by atoms with E-state index in [1.54, 1.807) is 12.4 Å². The van der Waals surface area contributed by atoms with Crippen molar-refractivity contribution in [3.05, 3.63) is 35.9 Å². The van der Waals surface area contributed by atoms with Crippen LogP contribution in [0.25, 0.3) is 0 Å². The highest BCUT2D eigenvalue weighted by molar-refractivity contribution is 7.83. The Balaban J connectivity index is 1.98. The number of carbonyl (C=O) groups is 4. The van der Waals surface area contributed by atoms with Crippen LogP contribution in [0.1, 0.15) is 47.0 Å². The van der Waals surface area contributed by atoms with Crippen molar-refractivity contribution in [3.8, 4) is 0 Å². The number of anilines is 1. The van der Waals surface area contributed by atoms with Crippen LogP contribution in [0.3, 0.4) is 0 Å². The first-order chi connectivity index (χ1) is 18.9. The van der Waals surface area contributed by atoms with E-state index < -0.39 is 40.4 Å². The number of piperidine rings is 1. The number of likely N-dealkylation sites (tertiary alicyclic amines) is 1. The molecular weight excluding hydrogens is 563 g/mol. The summed E-state index contributed by atoms with van der Waals surface area (Å²) >= 11 is 0. The van der Waals surface area contributed by atoms with Gasteiger partial charge in [-0.15, -0.1) is 0 Å². The largest absolute Gasteiger partial charge is 0.471 e. The smallest absolute Gasteiger partial charge is 0.342 e. The van der Waals surface area contributed by atoms with E-state index in [4.69, 9.17) is 0 Å². The Morgan fingerprint density at radius 2 is 1.73 bits per heavy atom. The summed E-state index contributed by atoms with van der Waals surface area (Å²) in [6.07, 6.45) is -0.879. The van der Waals surface area contributed by atoms with Crippen molar-refractivity contribution in [3.63, 3.8) is 0 Å². The second-order valence-corrected chi connectivity index (χ2v) is 12.3. The lowest BCUT2D eigenvalue weighted by Gasteiger charge is -2.37. The van der Waals surface area contributed by atoms with E-state index in [1.807, 2.05) is 32.7 Å². The van der Waals surface area contributed by atoms with Crippen molar-refractivity contribution >= 4 is 40.3 Å². The molecule has 10 nitrogen and oxygen atoms in total. The number of hydrogen-bond donors (Lipinski definition) is 3. The molecule has 1 aliphatic heterocycles. The number of likely N-dealkylation sites (N-methyl/N-ethyl adjacent to an activating group) is 2. The number of amides is 4. The molecule has 228 valence electrons. The lowest BCUT2D eigenvalue weighted by molar-refractivity contribution is -0.167. The number of halogens is 3. The van der Waals surface area contributed by atoms with Gasteiger partial charge in [0.2, 0.25) is 11.8 Å². The van der Waals surface area contributed by atoms with Crippen LogP contribution in [-0.2, 0) is 30.2 Å². The van der Waals surface area contributed by atoms with Gasteiger partial charge in [-0.3, -0.25) is 28.8 Å². The molecular formula is C27H38F3N5O5S. The topological polar surface area (TPSA) is 128 Å². The van der Waals surface area contributed by atoms with Crippen LogP contribution in [0, 0.1) is 5.41 Å². The molecule has 0 aromatic heterocycles. The third kappa shape index (κ3) is 9.95. The second kappa shape index (κ2) is 14.1. The van der Waals surface area contributed by atoms with Gasteiger partial charge in [0.15, 0.2) is 11.0 Å². The fourth-order valence-corrected chi connectivity index (χ4v) is 4.89. The Hall–Kier alpha value is -3.26. The van der Waals surface area contributed by atoms with Crippen molar-refractivity contribution < 1.29 is 36.6 Å². The van der Waals surface area contributed by atoms with Crippen LogP contribution < -0.4 is 15.4 Å². The van der Waals surface area contributed by atoms with Gasteiger partial charge in [-0.25, -0.2) is 4.21 Å². The van der Waals surface area contributed by atoms with E-state index in [9.17, 15) is 36.6 Å². The molecule has 0 saturated carbocycles. The molecule has 2 rings (SSSR count). The molecule has 4 amide bonds. The maximum atomic E-state index is 13.3. The molecule has 1 aliphatic rings.